The molecule has 0 bridgehead atoms. The van der Waals surface area contributed by atoms with Gasteiger partial charge in [0.25, 0.3) is 0 Å². The van der Waals surface area contributed by atoms with Gasteiger partial charge in [-0.25, -0.2) is 9.78 Å². The average molecular weight is 477 g/mol. The van der Waals surface area contributed by atoms with E-state index >= 15 is 0 Å². The van der Waals surface area contributed by atoms with Gasteiger partial charge in [0.05, 0.1) is 25.9 Å². The highest BCUT2D eigenvalue weighted by Crippen LogP contribution is 2.30. The first kappa shape index (κ1) is 25.7. The minimum atomic E-state index is -0.958. The topological polar surface area (TPSA) is 137 Å². The zero-order valence-electron chi connectivity index (χ0n) is 20.2. The maximum atomic E-state index is 13.3. The van der Waals surface area contributed by atoms with Crippen molar-refractivity contribution in [3.8, 4) is 0 Å². The maximum absolute atomic E-state index is 13.3. The molecule has 3 rings (SSSR count). The van der Waals surface area contributed by atoms with Crippen LogP contribution < -0.4 is 10.6 Å². The van der Waals surface area contributed by atoms with Crippen LogP contribution in [0.3, 0.4) is 0 Å². The lowest BCUT2D eigenvalue weighted by atomic mass is 9.96. The first-order chi connectivity index (χ1) is 16.3. The largest absolute Gasteiger partial charge is 0.467 e. The lowest BCUT2D eigenvalue weighted by molar-refractivity contribution is -0.146. The molecule has 11 nitrogen and oxygen atoms in total. The van der Waals surface area contributed by atoms with E-state index in [0.717, 1.165) is 37.9 Å². The number of ether oxygens (including phenoxy) is 1. The summed E-state index contributed by atoms with van der Waals surface area (Å²) in [6.45, 7) is 5.45. The van der Waals surface area contributed by atoms with Crippen LogP contribution in [-0.2, 0) is 30.3 Å². The van der Waals surface area contributed by atoms with Gasteiger partial charge in [-0.2, -0.15) is 0 Å². The van der Waals surface area contributed by atoms with Crippen molar-refractivity contribution in [2.24, 2.45) is 5.92 Å². The fraction of sp³-hybridized carbons (Fsp3) is 0.696. The van der Waals surface area contributed by atoms with Gasteiger partial charge in [-0.15, -0.1) is 0 Å². The predicted molar refractivity (Wildman–Crippen MR) is 123 cm³/mol. The Balaban J connectivity index is 1.67. The summed E-state index contributed by atoms with van der Waals surface area (Å²) < 4.78 is 4.81. The average Bonchev–Trinajstić information content (AvgIpc) is 3.57. The molecule has 0 radical (unpaired) electrons. The molecule has 188 valence electrons. The summed E-state index contributed by atoms with van der Waals surface area (Å²) in [5.41, 5.74) is 0.785. The molecule has 1 aromatic heterocycles. The van der Waals surface area contributed by atoms with Crippen LogP contribution in [0, 0.1) is 5.92 Å². The van der Waals surface area contributed by atoms with Crippen molar-refractivity contribution in [1.82, 2.24) is 30.4 Å². The molecule has 4 atom stereocenters. The van der Waals surface area contributed by atoms with Gasteiger partial charge in [0.2, 0.25) is 17.7 Å². The Morgan fingerprint density at radius 2 is 2.06 bits per heavy atom. The number of H-pyrrole nitrogens is 1. The molecule has 34 heavy (non-hydrogen) atoms. The smallest absolute Gasteiger partial charge is 0.330 e. The van der Waals surface area contributed by atoms with E-state index in [1.165, 1.54) is 14.0 Å². The lowest BCUT2D eigenvalue weighted by Crippen LogP contribution is -2.56. The molecule has 1 aromatic rings. The highest BCUT2D eigenvalue weighted by atomic mass is 16.5. The molecule has 11 heteroatoms. The first-order valence-corrected chi connectivity index (χ1v) is 12.0. The van der Waals surface area contributed by atoms with E-state index in [1.807, 2.05) is 4.90 Å². The predicted octanol–water partition coefficient (Wildman–Crippen LogP) is -0.162. The van der Waals surface area contributed by atoms with Crippen LogP contribution >= 0.6 is 0 Å². The number of aromatic nitrogens is 2. The number of nitrogens with zero attached hydrogens (tertiary/aromatic N) is 3. The summed E-state index contributed by atoms with van der Waals surface area (Å²) in [5, 5.41) is 5.36. The van der Waals surface area contributed by atoms with Crippen LogP contribution in [0.25, 0.3) is 0 Å². The number of hydrogen-bond acceptors (Lipinski definition) is 7. The number of imidazole rings is 1. The van der Waals surface area contributed by atoms with Crippen LogP contribution in [0.5, 0.6) is 0 Å². The van der Waals surface area contributed by atoms with E-state index in [-0.39, 0.29) is 42.6 Å². The summed E-state index contributed by atoms with van der Waals surface area (Å²) in [6.07, 6.45) is 7.03. The Kier molecular flexibility index (Phi) is 9.03. The van der Waals surface area contributed by atoms with Gasteiger partial charge in [-0.1, -0.05) is 13.3 Å². The molecule has 0 aliphatic carbocycles. The van der Waals surface area contributed by atoms with Crippen molar-refractivity contribution in [3.63, 3.8) is 0 Å². The van der Waals surface area contributed by atoms with Gasteiger partial charge in [0, 0.05) is 44.5 Å². The second-order valence-corrected chi connectivity index (χ2v) is 9.06. The summed E-state index contributed by atoms with van der Waals surface area (Å²) in [5.74, 6) is -0.947. The Bertz CT molecular complexity index is 860. The number of methoxy groups -OCH3 is 1. The van der Waals surface area contributed by atoms with Crippen molar-refractivity contribution in [2.45, 2.75) is 64.1 Å². The molecule has 2 fully saturated rings. The zero-order valence-corrected chi connectivity index (χ0v) is 20.2. The zero-order chi connectivity index (χ0) is 24.7. The molecule has 2 aliphatic heterocycles. The molecular weight excluding hydrogens is 440 g/mol. The number of likely N-dealkylation sites (tertiary alicyclic amines) is 2. The quantitative estimate of drug-likeness (QED) is 0.399. The summed E-state index contributed by atoms with van der Waals surface area (Å²) in [7, 11) is 1.25. The van der Waals surface area contributed by atoms with Gasteiger partial charge in [-0.05, 0) is 31.7 Å². The van der Waals surface area contributed by atoms with E-state index in [4.69, 9.17) is 4.74 Å². The number of amides is 3. The van der Waals surface area contributed by atoms with Crippen molar-refractivity contribution >= 4 is 23.7 Å². The standard InChI is InChI=1S/C23H36N6O5/c1-4-16-7-9-28(21(16)22(32)27-19(23(33)34-3)12-25-15(2)30)13-18-6-5-8-29(18)20(31)10-17-11-24-14-26-17/h11,14,16,18-19,21H,4-10,12-13H2,1-3H3,(H,24,26)(H,25,30)(H,27,32)/t16-,18-,19?,21?/m0/s1. The first-order valence-electron chi connectivity index (χ1n) is 12.0. The second-order valence-electron chi connectivity index (χ2n) is 9.06. The maximum Gasteiger partial charge on any atom is 0.330 e. The van der Waals surface area contributed by atoms with Crippen molar-refractivity contribution in [2.75, 3.05) is 33.3 Å². The highest BCUT2D eigenvalue weighted by Gasteiger charge is 2.42. The molecule has 2 unspecified atom stereocenters. The molecule has 2 saturated heterocycles. The molecule has 0 spiro atoms. The third-order valence-corrected chi connectivity index (χ3v) is 6.82. The number of nitrogens with one attached hydrogen (secondary N) is 3. The minimum absolute atomic E-state index is 0.0320. The number of aromatic amines is 1. The van der Waals surface area contributed by atoms with Gasteiger partial charge in [0.1, 0.15) is 6.04 Å². The van der Waals surface area contributed by atoms with Crippen LogP contribution in [0.4, 0.5) is 0 Å². The number of rotatable bonds is 10. The van der Waals surface area contributed by atoms with E-state index in [1.54, 1.807) is 12.5 Å². The number of carbonyl (C=O) groups excluding carboxylic acids is 4. The van der Waals surface area contributed by atoms with Crippen molar-refractivity contribution in [3.05, 3.63) is 18.2 Å². The van der Waals surface area contributed by atoms with Gasteiger partial charge >= 0.3 is 5.97 Å². The van der Waals surface area contributed by atoms with Crippen molar-refractivity contribution in [1.29, 1.82) is 0 Å². The molecule has 3 amide bonds. The lowest BCUT2D eigenvalue weighted by Gasteiger charge is -2.33. The van der Waals surface area contributed by atoms with Crippen LogP contribution in [-0.4, -0.2) is 94.9 Å². The van der Waals surface area contributed by atoms with Gasteiger partial charge in [0.15, 0.2) is 0 Å². The van der Waals surface area contributed by atoms with Gasteiger partial charge < -0.3 is 25.3 Å². The summed E-state index contributed by atoms with van der Waals surface area (Å²) >= 11 is 0. The minimum Gasteiger partial charge on any atom is -0.467 e. The number of hydrogen-bond donors (Lipinski definition) is 3. The second kappa shape index (κ2) is 12.0. The van der Waals surface area contributed by atoms with Crippen LogP contribution in [0.15, 0.2) is 12.5 Å². The van der Waals surface area contributed by atoms with E-state index in [0.29, 0.717) is 13.1 Å². The fourth-order valence-corrected chi connectivity index (χ4v) is 5.05. The molecule has 0 saturated carbocycles. The summed E-state index contributed by atoms with van der Waals surface area (Å²) in [4.78, 5) is 60.8. The third kappa shape index (κ3) is 6.34. The fourth-order valence-electron chi connectivity index (χ4n) is 5.05. The molecular formula is C23H36N6O5. The normalized spacial score (nSPS) is 23.5. The monoisotopic (exact) mass is 476 g/mol. The van der Waals surface area contributed by atoms with E-state index in [2.05, 4.69) is 32.4 Å². The molecule has 3 N–H and O–H groups in total. The van der Waals surface area contributed by atoms with Crippen molar-refractivity contribution < 1.29 is 23.9 Å². The molecule has 3 heterocycles. The van der Waals surface area contributed by atoms with Crippen LogP contribution in [0.1, 0.15) is 45.2 Å². The Hall–Kier alpha value is -2.95. The summed E-state index contributed by atoms with van der Waals surface area (Å²) in [6, 6.07) is -1.32. The van der Waals surface area contributed by atoms with E-state index in [9.17, 15) is 19.2 Å². The molecule has 0 aromatic carbocycles. The highest BCUT2D eigenvalue weighted by molar-refractivity contribution is 5.88. The Morgan fingerprint density at radius 3 is 2.71 bits per heavy atom. The van der Waals surface area contributed by atoms with Crippen LogP contribution in [0.2, 0.25) is 0 Å². The van der Waals surface area contributed by atoms with E-state index < -0.39 is 18.1 Å². The number of carbonyl (C=O) groups is 4. The Labute approximate surface area is 200 Å². The number of esters is 1. The van der Waals surface area contributed by atoms with Gasteiger partial charge in [-0.3, -0.25) is 19.3 Å². The molecule has 2 aliphatic rings. The third-order valence-electron chi connectivity index (χ3n) is 6.82. The SMILES string of the molecule is CC[C@H]1CCN(C[C@@H]2CCCN2C(=O)Cc2cnc[nH]2)C1C(=O)NC(CNC(C)=O)C(=O)OC. The Morgan fingerprint density at radius 1 is 1.26 bits per heavy atom.